The molecule has 0 spiro atoms. The predicted molar refractivity (Wildman–Crippen MR) is 56.2 cm³/mol. The van der Waals surface area contributed by atoms with E-state index < -0.39 is 5.97 Å². The largest absolute Gasteiger partial charge is 0.478 e. The van der Waals surface area contributed by atoms with Crippen molar-refractivity contribution in [2.75, 3.05) is 0 Å². The van der Waals surface area contributed by atoms with Crippen LogP contribution in [0.2, 0.25) is 0 Å². The average molecular weight is 218 g/mol. The highest BCUT2D eigenvalue weighted by Crippen LogP contribution is 2.26. The fraction of sp³-hybridized carbons (Fsp3) is 0.182. The topological polar surface area (TPSA) is 76.2 Å². The minimum atomic E-state index is -0.999. The van der Waals surface area contributed by atoms with Crippen LogP contribution in [-0.4, -0.2) is 21.2 Å². The number of carbonyl (C=O) groups is 1. The molecule has 0 bridgehead atoms. The molecule has 0 fully saturated rings. The van der Waals surface area contributed by atoms with Crippen LogP contribution in [0.1, 0.15) is 21.8 Å². The Hall–Kier alpha value is -2.17. The average Bonchev–Trinajstić information content (AvgIpc) is 2.59. The monoisotopic (exact) mass is 218 g/mol. The molecule has 0 aromatic carbocycles. The van der Waals surface area contributed by atoms with E-state index in [9.17, 15) is 4.79 Å². The Balaban J connectivity index is 2.57. The van der Waals surface area contributed by atoms with Gasteiger partial charge in [-0.2, -0.15) is 0 Å². The fourth-order valence-corrected chi connectivity index (χ4v) is 1.59. The van der Waals surface area contributed by atoms with Crippen LogP contribution < -0.4 is 0 Å². The molecule has 0 radical (unpaired) electrons. The van der Waals surface area contributed by atoms with Crippen LogP contribution in [0.15, 0.2) is 23.0 Å². The number of aromatic carboxylic acids is 1. The van der Waals surface area contributed by atoms with Gasteiger partial charge in [-0.05, 0) is 19.9 Å². The third-order valence-electron chi connectivity index (χ3n) is 2.31. The molecule has 2 heterocycles. The molecule has 0 atom stereocenters. The van der Waals surface area contributed by atoms with Crippen LogP contribution in [0, 0.1) is 13.8 Å². The number of pyridine rings is 1. The number of aryl methyl sites for hydroxylation is 2. The molecule has 0 saturated carbocycles. The van der Waals surface area contributed by atoms with Gasteiger partial charge in [0.15, 0.2) is 0 Å². The van der Waals surface area contributed by atoms with Crippen LogP contribution in [-0.2, 0) is 0 Å². The minimum absolute atomic E-state index is 0.150. The second-order valence-corrected chi connectivity index (χ2v) is 3.47. The van der Waals surface area contributed by atoms with Crippen molar-refractivity contribution in [3.05, 3.63) is 35.5 Å². The van der Waals surface area contributed by atoms with Crippen LogP contribution >= 0.6 is 0 Å². The van der Waals surface area contributed by atoms with Gasteiger partial charge in [-0.3, -0.25) is 4.98 Å². The van der Waals surface area contributed by atoms with Gasteiger partial charge in [-0.15, -0.1) is 0 Å². The van der Waals surface area contributed by atoms with Crippen LogP contribution in [0.3, 0.4) is 0 Å². The van der Waals surface area contributed by atoms with Crippen molar-refractivity contribution in [1.29, 1.82) is 0 Å². The number of carboxylic acids is 1. The third kappa shape index (κ3) is 1.67. The minimum Gasteiger partial charge on any atom is -0.478 e. The Morgan fingerprint density at radius 3 is 2.69 bits per heavy atom. The van der Waals surface area contributed by atoms with E-state index in [2.05, 4.69) is 10.1 Å². The molecule has 0 aliphatic heterocycles. The molecule has 2 aromatic heterocycles. The summed E-state index contributed by atoms with van der Waals surface area (Å²) in [6.07, 6.45) is 2.91. The van der Waals surface area contributed by atoms with Gasteiger partial charge < -0.3 is 9.63 Å². The molecule has 16 heavy (non-hydrogen) atoms. The molecule has 0 aliphatic carbocycles. The lowest BCUT2D eigenvalue weighted by atomic mass is 10.0. The molecule has 0 amide bonds. The second-order valence-electron chi connectivity index (χ2n) is 3.47. The lowest BCUT2D eigenvalue weighted by Crippen LogP contribution is -1.97. The highest BCUT2D eigenvalue weighted by molar-refractivity contribution is 5.89. The van der Waals surface area contributed by atoms with Gasteiger partial charge in [0.2, 0.25) is 0 Å². The summed E-state index contributed by atoms with van der Waals surface area (Å²) in [4.78, 5) is 14.7. The van der Waals surface area contributed by atoms with E-state index in [1.807, 2.05) is 0 Å². The maximum Gasteiger partial charge on any atom is 0.337 e. The summed E-state index contributed by atoms with van der Waals surface area (Å²) in [5.74, 6) is -0.344. The Morgan fingerprint density at radius 2 is 2.12 bits per heavy atom. The quantitative estimate of drug-likeness (QED) is 0.834. The number of aromatic nitrogens is 2. The number of carboxylic acid groups (broad SMARTS) is 1. The van der Waals surface area contributed by atoms with E-state index in [0.29, 0.717) is 11.3 Å². The molecule has 82 valence electrons. The lowest BCUT2D eigenvalue weighted by Gasteiger charge is -2.00. The summed E-state index contributed by atoms with van der Waals surface area (Å²) >= 11 is 0. The molecule has 0 saturated heterocycles. The van der Waals surface area contributed by atoms with Crippen molar-refractivity contribution >= 4 is 5.97 Å². The van der Waals surface area contributed by atoms with Crippen molar-refractivity contribution in [3.63, 3.8) is 0 Å². The maximum absolute atomic E-state index is 10.8. The first-order valence-corrected chi connectivity index (χ1v) is 4.71. The first kappa shape index (κ1) is 10.4. The molecule has 5 heteroatoms. The van der Waals surface area contributed by atoms with Crippen molar-refractivity contribution in [2.24, 2.45) is 0 Å². The molecule has 0 unspecified atom stereocenters. The maximum atomic E-state index is 10.8. The predicted octanol–water partition coefficient (Wildman–Crippen LogP) is 2.05. The highest BCUT2D eigenvalue weighted by Gasteiger charge is 2.13. The van der Waals surface area contributed by atoms with E-state index in [4.69, 9.17) is 9.63 Å². The summed E-state index contributed by atoms with van der Waals surface area (Å²) in [5, 5.41) is 12.7. The van der Waals surface area contributed by atoms with Crippen LogP contribution in [0.25, 0.3) is 11.1 Å². The van der Waals surface area contributed by atoms with Gasteiger partial charge in [-0.1, -0.05) is 5.16 Å². The van der Waals surface area contributed by atoms with Crippen molar-refractivity contribution in [1.82, 2.24) is 10.1 Å². The molecule has 1 N–H and O–H groups in total. The molecular weight excluding hydrogens is 208 g/mol. The Morgan fingerprint density at radius 1 is 1.38 bits per heavy atom. The number of hydrogen-bond acceptors (Lipinski definition) is 4. The van der Waals surface area contributed by atoms with Gasteiger partial charge in [-0.25, -0.2) is 4.79 Å². The highest BCUT2D eigenvalue weighted by atomic mass is 16.5. The van der Waals surface area contributed by atoms with E-state index in [1.54, 1.807) is 26.1 Å². The summed E-state index contributed by atoms with van der Waals surface area (Å²) in [6.45, 7) is 3.59. The zero-order valence-electron chi connectivity index (χ0n) is 8.89. The van der Waals surface area contributed by atoms with E-state index in [-0.39, 0.29) is 5.56 Å². The van der Waals surface area contributed by atoms with Gasteiger partial charge in [0.1, 0.15) is 5.76 Å². The van der Waals surface area contributed by atoms with Gasteiger partial charge in [0.05, 0.1) is 11.3 Å². The van der Waals surface area contributed by atoms with Crippen molar-refractivity contribution in [2.45, 2.75) is 13.8 Å². The van der Waals surface area contributed by atoms with Gasteiger partial charge in [0, 0.05) is 23.5 Å². The number of rotatable bonds is 2. The molecule has 5 nitrogen and oxygen atoms in total. The van der Waals surface area contributed by atoms with E-state index in [0.717, 1.165) is 11.3 Å². The van der Waals surface area contributed by atoms with E-state index in [1.165, 1.54) is 6.20 Å². The normalized spacial score (nSPS) is 10.4. The first-order chi connectivity index (χ1) is 7.59. The van der Waals surface area contributed by atoms with Crippen molar-refractivity contribution < 1.29 is 14.4 Å². The molecule has 2 rings (SSSR count). The van der Waals surface area contributed by atoms with Gasteiger partial charge >= 0.3 is 5.97 Å². The van der Waals surface area contributed by atoms with Crippen molar-refractivity contribution in [3.8, 4) is 11.1 Å². The van der Waals surface area contributed by atoms with E-state index >= 15 is 0 Å². The zero-order chi connectivity index (χ0) is 11.7. The second kappa shape index (κ2) is 3.77. The number of hydrogen-bond donors (Lipinski definition) is 1. The Bertz CT molecular complexity index is 526. The SMILES string of the molecule is Cc1noc(C)c1-c1cncc(C(=O)O)c1. The zero-order valence-corrected chi connectivity index (χ0v) is 8.89. The Labute approximate surface area is 91.7 Å². The standard InChI is InChI=1S/C11H10N2O3/c1-6-10(7(2)16-13-6)8-3-9(11(14)15)5-12-4-8/h3-5H,1-2H3,(H,14,15). The molecular formula is C11H10N2O3. The van der Waals surface area contributed by atoms with Crippen LogP contribution in [0.4, 0.5) is 0 Å². The summed E-state index contributed by atoms with van der Waals surface area (Å²) in [7, 11) is 0. The fourth-order valence-electron chi connectivity index (χ4n) is 1.59. The van der Waals surface area contributed by atoms with Crippen LogP contribution in [0.5, 0.6) is 0 Å². The summed E-state index contributed by atoms with van der Waals surface area (Å²) in [6, 6.07) is 1.56. The first-order valence-electron chi connectivity index (χ1n) is 4.71. The Kier molecular flexibility index (Phi) is 2.44. The molecule has 2 aromatic rings. The summed E-state index contributed by atoms with van der Waals surface area (Å²) < 4.78 is 5.02. The number of nitrogens with zero attached hydrogens (tertiary/aromatic N) is 2. The third-order valence-corrected chi connectivity index (χ3v) is 2.31. The molecule has 0 aliphatic rings. The summed E-state index contributed by atoms with van der Waals surface area (Å²) in [5.41, 5.74) is 2.38. The van der Waals surface area contributed by atoms with Gasteiger partial charge in [0.25, 0.3) is 0 Å². The lowest BCUT2D eigenvalue weighted by molar-refractivity contribution is 0.0696. The smallest absolute Gasteiger partial charge is 0.337 e.